The highest BCUT2D eigenvalue weighted by atomic mass is 16.5. The third kappa shape index (κ3) is 3.75. The van der Waals surface area contributed by atoms with Gasteiger partial charge in [-0.15, -0.1) is 0 Å². The summed E-state index contributed by atoms with van der Waals surface area (Å²) in [6.45, 7) is 3.91. The molecule has 2 heterocycles. The van der Waals surface area contributed by atoms with Crippen molar-refractivity contribution in [3.63, 3.8) is 0 Å². The molecule has 1 aromatic carbocycles. The Labute approximate surface area is 154 Å². The maximum absolute atomic E-state index is 6.15. The lowest BCUT2D eigenvalue weighted by Crippen LogP contribution is -2.39. The number of hydrogen-bond acceptors (Lipinski definition) is 6. The van der Waals surface area contributed by atoms with Crippen LogP contribution in [0.3, 0.4) is 0 Å². The molecule has 6 heteroatoms. The third-order valence-electron chi connectivity index (χ3n) is 5.40. The van der Waals surface area contributed by atoms with E-state index in [-0.39, 0.29) is 6.10 Å². The molecule has 0 amide bonds. The van der Waals surface area contributed by atoms with Crippen molar-refractivity contribution in [1.82, 2.24) is 9.97 Å². The van der Waals surface area contributed by atoms with Gasteiger partial charge >= 0.3 is 0 Å². The number of ether oxygens (including phenoxy) is 1. The Morgan fingerprint density at radius 3 is 2.58 bits per heavy atom. The molecule has 0 spiro atoms. The zero-order chi connectivity index (χ0) is 18.1. The summed E-state index contributed by atoms with van der Waals surface area (Å²) < 4.78 is 6.15. The summed E-state index contributed by atoms with van der Waals surface area (Å²) >= 11 is 0. The number of hydrogen-bond donors (Lipinski definition) is 2. The van der Waals surface area contributed by atoms with Crippen LogP contribution in [0.2, 0.25) is 0 Å². The average molecular weight is 353 g/mol. The van der Waals surface area contributed by atoms with Crippen molar-refractivity contribution in [2.75, 3.05) is 23.7 Å². The second kappa shape index (κ2) is 7.11. The number of nitrogens with two attached hydrogens (primary N) is 2. The molecule has 2 fully saturated rings. The van der Waals surface area contributed by atoms with E-state index < -0.39 is 0 Å². The van der Waals surface area contributed by atoms with Crippen LogP contribution in [0.25, 0.3) is 0 Å². The first kappa shape index (κ1) is 17.1. The second-order valence-corrected chi connectivity index (χ2v) is 7.56. The number of rotatable bonds is 4. The Kier molecular flexibility index (Phi) is 4.68. The summed E-state index contributed by atoms with van der Waals surface area (Å²) in [6, 6.07) is 10.6. The average Bonchev–Trinajstić information content (AvgIpc) is 2.59. The smallest absolute Gasteiger partial charge is 0.222 e. The molecular weight excluding hydrogens is 326 g/mol. The van der Waals surface area contributed by atoms with Gasteiger partial charge in [0.05, 0.1) is 5.69 Å². The van der Waals surface area contributed by atoms with E-state index in [1.165, 1.54) is 5.56 Å². The van der Waals surface area contributed by atoms with E-state index in [1.54, 1.807) is 0 Å². The van der Waals surface area contributed by atoms with Crippen LogP contribution >= 0.6 is 0 Å². The molecule has 4 N–H and O–H groups in total. The van der Waals surface area contributed by atoms with E-state index in [2.05, 4.69) is 40.0 Å². The molecule has 2 aromatic rings. The SMILES string of the molecule is Cc1cccc(OC2CCN(c3cc(C4CC(N)C4)nc(N)n3)CC2)c1. The number of nitrogen functional groups attached to an aromatic ring is 1. The lowest BCUT2D eigenvalue weighted by Gasteiger charge is -2.35. The predicted molar refractivity (Wildman–Crippen MR) is 103 cm³/mol. The van der Waals surface area contributed by atoms with Gasteiger partial charge < -0.3 is 21.1 Å². The summed E-state index contributed by atoms with van der Waals surface area (Å²) in [5, 5.41) is 0. The Balaban J connectivity index is 1.38. The number of nitrogens with zero attached hydrogens (tertiary/aromatic N) is 3. The van der Waals surface area contributed by atoms with Gasteiger partial charge in [-0.2, -0.15) is 4.98 Å². The molecule has 1 saturated heterocycles. The molecule has 2 aliphatic rings. The Morgan fingerprint density at radius 2 is 1.88 bits per heavy atom. The Bertz CT molecular complexity index is 767. The fraction of sp³-hybridized carbons (Fsp3) is 0.500. The van der Waals surface area contributed by atoms with Gasteiger partial charge in [0, 0.05) is 44.0 Å². The number of anilines is 2. The van der Waals surface area contributed by atoms with E-state index in [1.807, 2.05) is 12.1 Å². The molecule has 1 saturated carbocycles. The minimum absolute atomic E-state index is 0.247. The van der Waals surface area contributed by atoms with Crippen LogP contribution in [0.15, 0.2) is 30.3 Å². The van der Waals surface area contributed by atoms with Crippen molar-refractivity contribution < 1.29 is 4.74 Å². The van der Waals surface area contributed by atoms with Crippen LogP contribution in [0, 0.1) is 6.92 Å². The molecule has 0 bridgehead atoms. The fourth-order valence-electron chi connectivity index (χ4n) is 3.83. The van der Waals surface area contributed by atoms with Crippen molar-refractivity contribution >= 4 is 11.8 Å². The van der Waals surface area contributed by atoms with Crippen LogP contribution < -0.4 is 21.1 Å². The van der Waals surface area contributed by atoms with Gasteiger partial charge in [0.25, 0.3) is 0 Å². The van der Waals surface area contributed by atoms with Crippen LogP contribution in [0.4, 0.5) is 11.8 Å². The highest BCUT2D eigenvalue weighted by Crippen LogP contribution is 2.36. The highest BCUT2D eigenvalue weighted by Gasteiger charge is 2.30. The normalized spacial score (nSPS) is 23.5. The topological polar surface area (TPSA) is 90.3 Å². The first-order valence-electron chi connectivity index (χ1n) is 9.45. The number of aromatic nitrogens is 2. The number of benzene rings is 1. The molecule has 1 aliphatic heterocycles. The van der Waals surface area contributed by atoms with Gasteiger partial charge in [-0.05, 0) is 37.5 Å². The molecule has 6 nitrogen and oxygen atoms in total. The molecule has 1 aliphatic carbocycles. The Hall–Kier alpha value is -2.34. The second-order valence-electron chi connectivity index (χ2n) is 7.56. The van der Waals surface area contributed by atoms with Crippen LogP contribution in [-0.2, 0) is 0 Å². The molecule has 138 valence electrons. The molecule has 0 radical (unpaired) electrons. The molecule has 1 aromatic heterocycles. The van der Waals surface area contributed by atoms with Crippen molar-refractivity contribution in [2.45, 2.75) is 50.7 Å². The minimum Gasteiger partial charge on any atom is -0.490 e. The third-order valence-corrected chi connectivity index (χ3v) is 5.40. The van der Waals surface area contributed by atoms with Crippen molar-refractivity contribution in [1.29, 1.82) is 0 Å². The molecule has 0 unspecified atom stereocenters. The maximum atomic E-state index is 6.15. The van der Waals surface area contributed by atoms with E-state index >= 15 is 0 Å². The highest BCUT2D eigenvalue weighted by molar-refractivity contribution is 5.45. The monoisotopic (exact) mass is 353 g/mol. The van der Waals surface area contributed by atoms with Crippen LogP contribution in [-0.4, -0.2) is 35.2 Å². The number of aryl methyl sites for hydroxylation is 1. The first-order valence-corrected chi connectivity index (χ1v) is 9.45. The summed E-state index contributed by atoms with van der Waals surface area (Å²) in [5.41, 5.74) is 14.1. The van der Waals surface area contributed by atoms with Crippen LogP contribution in [0.1, 0.15) is 42.9 Å². The predicted octanol–water partition coefficient (Wildman–Crippen LogP) is 2.62. The van der Waals surface area contributed by atoms with Gasteiger partial charge in [-0.1, -0.05) is 12.1 Å². The molecular formula is C20H27N5O. The summed E-state index contributed by atoms with van der Waals surface area (Å²) in [5.74, 6) is 2.67. The van der Waals surface area contributed by atoms with Crippen molar-refractivity contribution in [3.05, 3.63) is 41.6 Å². The van der Waals surface area contributed by atoms with E-state index in [0.717, 1.165) is 56.0 Å². The minimum atomic E-state index is 0.247. The zero-order valence-electron chi connectivity index (χ0n) is 15.3. The summed E-state index contributed by atoms with van der Waals surface area (Å²) in [7, 11) is 0. The van der Waals surface area contributed by atoms with E-state index in [4.69, 9.17) is 16.2 Å². The lowest BCUT2D eigenvalue weighted by atomic mass is 9.78. The molecule has 0 atom stereocenters. The quantitative estimate of drug-likeness (QED) is 0.878. The lowest BCUT2D eigenvalue weighted by molar-refractivity contribution is 0.170. The van der Waals surface area contributed by atoms with Gasteiger partial charge in [0.1, 0.15) is 17.7 Å². The van der Waals surface area contributed by atoms with Gasteiger partial charge in [0.2, 0.25) is 5.95 Å². The van der Waals surface area contributed by atoms with Crippen LogP contribution in [0.5, 0.6) is 5.75 Å². The maximum Gasteiger partial charge on any atom is 0.222 e. The largest absolute Gasteiger partial charge is 0.490 e. The number of piperidine rings is 1. The van der Waals surface area contributed by atoms with Crippen molar-refractivity contribution in [3.8, 4) is 5.75 Å². The van der Waals surface area contributed by atoms with E-state index in [9.17, 15) is 0 Å². The van der Waals surface area contributed by atoms with Crippen molar-refractivity contribution in [2.24, 2.45) is 5.73 Å². The molecule has 26 heavy (non-hydrogen) atoms. The van der Waals surface area contributed by atoms with Gasteiger partial charge in [0.15, 0.2) is 0 Å². The summed E-state index contributed by atoms with van der Waals surface area (Å²) in [6.07, 6.45) is 4.17. The summed E-state index contributed by atoms with van der Waals surface area (Å²) in [4.78, 5) is 11.2. The van der Waals surface area contributed by atoms with Gasteiger partial charge in [-0.3, -0.25) is 0 Å². The molecule has 4 rings (SSSR count). The van der Waals surface area contributed by atoms with E-state index in [0.29, 0.717) is 17.9 Å². The Morgan fingerprint density at radius 1 is 1.12 bits per heavy atom. The van der Waals surface area contributed by atoms with Gasteiger partial charge in [-0.25, -0.2) is 4.98 Å². The first-order chi connectivity index (χ1) is 12.6. The zero-order valence-corrected chi connectivity index (χ0v) is 15.3. The fourth-order valence-corrected chi connectivity index (χ4v) is 3.83. The standard InChI is InChI=1S/C20H27N5O/c1-13-3-2-4-17(9-13)26-16-5-7-25(8-6-16)19-12-18(23-20(22)24-19)14-10-15(21)11-14/h2-4,9,12,14-16H,5-8,10-11,21H2,1H3,(H2,22,23,24).